The first-order valence-corrected chi connectivity index (χ1v) is 9.95. The number of esters is 1. The summed E-state index contributed by atoms with van der Waals surface area (Å²) in [6.07, 6.45) is 0. The van der Waals surface area contributed by atoms with Gasteiger partial charge in [-0.25, -0.2) is 14.6 Å². The molecule has 154 valence electrons. The minimum Gasteiger partial charge on any atom is -0.463 e. The number of rotatable bonds is 10. The Hall–Kier alpha value is -1.44. The Kier molecular flexibility index (Phi) is 9.41. The second kappa shape index (κ2) is 11.5. The molecule has 2 rings (SSSR count). The van der Waals surface area contributed by atoms with Crippen LogP contribution in [0.15, 0.2) is 40.5 Å². The topological polar surface area (TPSA) is 66.4 Å². The summed E-state index contributed by atoms with van der Waals surface area (Å²) in [5, 5.41) is 0.549. The van der Waals surface area contributed by atoms with Crippen LogP contribution in [0.4, 0.5) is 0 Å². The average Bonchev–Trinajstić information content (AvgIpc) is 2.67. The lowest BCUT2D eigenvalue weighted by molar-refractivity contribution is -0.277. The monoisotopic (exact) mass is 429 g/mol. The molecule has 0 amide bonds. The third-order valence-corrected chi connectivity index (χ3v) is 4.93. The van der Waals surface area contributed by atoms with Gasteiger partial charge in [-0.3, -0.25) is 4.99 Å². The summed E-state index contributed by atoms with van der Waals surface area (Å²) in [7, 11) is 1.44. The van der Waals surface area contributed by atoms with Crippen molar-refractivity contribution in [2.24, 2.45) is 10.9 Å². The van der Waals surface area contributed by atoms with Gasteiger partial charge in [0.2, 0.25) is 0 Å². The number of nitrogens with zero attached hydrogens (tertiary/aromatic N) is 1. The van der Waals surface area contributed by atoms with Gasteiger partial charge in [-0.1, -0.05) is 29.8 Å². The summed E-state index contributed by atoms with van der Waals surface area (Å²) in [6.45, 7) is 4.60. The quantitative estimate of drug-likeness (QED) is 0.183. The highest BCUT2D eigenvalue weighted by atomic mass is 35.5. The largest absolute Gasteiger partial charge is 0.463 e. The molecule has 6 nitrogen and oxygen atoms in total. The van der Waals surface area contributed by atoms with Gasteiger partial charge in [0.15, 0.2) is 0 Å². The van der Waals surface area contributed by atoms with Crippen molar-refractivity contribution in [3.8, 4) is 0 Å². The first-order valence-electron chi connectivity index (χ1n) is 9.04. The van der Waals surface area contributed by atoms with E-state index >= 15 is 0 Å². The van der Waals surface area contributed by atoms with Gasteiger partial charge in [0, 0.05) is 28.5 Å². The molecule has 8 heteroatoms. The standard InChI is InChI=1S/C20H25Cl2NO5/c1-4-27-20(24)19-17(12-26-10-9-21)23-13(2)15(11-28-25-3)18(19)14-7-5-6-8-16(14)22/h5-8,15,18H,4,9-12H2,1-3H3. The predicted molar refractivity (Wildman–Crippen MR) is 109 cm³/mol. The summed E-state index contributed by atoms with van der Waals surface area (Å²) < 4.78 is 10.9. The third-order valence-electron chi connectivity index (χ3n) is 4.43. The Morgan fingerprint density at radius 2 is 2.04 bits per heavy atom. The number of carbonyl (C=O) groups is 1. The van der Waals surface area contributed by atoms with Crippen LogP contribution in [0.2, 0.25) is 5.02 Å². The molecule has 2 atom stereocenters. The SMILES string of the molecule is CCOC(=O)C1=C(COCCCl)N=C(C)C(COOC)C1c1ccccc1Cl. The molecule has 0 radical (unpaired) electrons. The molecule has 0 N–H and O–H groups in total. The van der Waals surface area contributed by atoms with E-state index in [1.165, 1.54) is 7.11 Å². The highest BCUT2D eigenvalue weighted by Crippen LogP contribution is 2.42. The number of ether oxygens (including phenoxy) is 2. The minimum atomic E-state index is -0.449. The summed E-state index contributed by atoms with van der Waals surface area (Å²) in [6, 6.07) is 7.40. The lowest BCUT2D eigenvalue weighted by Crippen LogP contribution is -2.34. The molecule has 0 saturated carbocycles. The maximum absolute atomic E-state index is 12.9. The van der Waals surface area contributed by atoms with E-state index in [1.807, 2.05) is 25.1 Å². The molecular weight excluding hydrogens is 405 g/mol. The van der Waals surface area contributed by atoms with Gasteiger partial charge in [0.05, 0.1) is 44.8 Å². The zero-order valence-corrected chi connectivity index (χ0v) is 17.8. The second-order valence-electron chi connectivity index (χ2n) is 6.13. The van der Waals surface area contributed by atoms with Gasteiger partial charge in [-0.15, -0.1) is 11.6 Å². The van der Waals surface area contributed by atoms with E-state index in [0.717, 1.165) is 11.3 Å². The lowest BCUT2D eigenvalue weighted by atomic mass is 9.76. The Bertz CT molecular complexity index is 735. The molecule has 1 aliphatic heterocycles. The van der Waals surface area contributed by atoms with Crippen molar-refractivity contribution >= 4 is 34.9 Å². The highest BCUT2D eigenvalue weighted by molar-refractivity contribution is 6.31. The molecule has 0 fully saturated rings. The number of hydrogen-bond donors (Lipinski definition) is 0. The Labute approximate surface area is 175 Å². The molecule has 0 aromatic heterocycles. The summed E-state index contributed by atoms with van der Waals surface area (Å²) >= 11 is 12.2. The number of benzene rings is 1. The van der Waals surface area contributed by atoms with Crippen LogP contribution in [0.25, 0.3) is 0 Å². The number of carbonyl (C=O) groups excluding carboxylic acids is 1. The van der Waals surface area contributed by atoms with Crippen LogP contribution in [-0.4, -0.2) is 51.1 Å². The molecule has 0 spiro atoms. The van der Waals surface area contributed by atoms with Crippen LogP contribution in [-0.2, 0) is 24.0 Å². The fourth-order valence-corrected chi connectivity index (χ4v) is 3.59. The zero-order valence-electron chi connectivity index (χ0n) is 16.2. The van der Waals surface area contributed by atoms with Gasteiger partial charge in [0.1, 0.15) is 0 Å². The fraction of sp³-hybridized carbons (Fsp3) is 0.500. The third kappa shape index (κ3) is 5.55. The number of hydrogen-bond acceptors (Lipinski definition) is 6. The molecule has 1 aromatic rings. The van der Waals surface area contributed by atoms with Gasteiger partial charge in [-0.2, -0.15) is 0 Å². The Morgan fingerprint density at radius 1 is 1.29 bits per heavy atom. The molecule has 1 aliphatic rings. The lowest BCUT2D eigenvalue weighted by Gasteiger charge is -2.33. The Morgan fingerprint density at radius 3 is 2.68 bits per heavy atom. The molecule has 28 heavy (non-hydrogen) atoms. The van der Waals surface area contributed by atoms with Crippen molar-refractivity contribution in [2.75, 3.05) is 39.4 Å². The molecule has 0 aliphatic carbocycles. The number of aliphatic imine (C=N–C) groups is 1. The van der Waals surface area contributed by atoms with Crippen LogP contribution < -0.4 is 0 Å². The fourth-order valence-electron chi connectivity index (χ4n) is 3.22. The molecular formula is C20H25Cl2NO5. The van der Waals surface area contributed by atoms with E-state index in [1.54, 1.807) is 13.0 Å². The first-order chi connectivity index (χ1) is 13.5. The number of alkyl halides is 1. The predicted octanol–water partition coefficient (Wildman–Crippen LogP) is 4.16. The van der Waals surface area contributed by atoms with E-state index in [2.05, 4.69) is 4.99 Å². The summed E-state index contributed by atoms with van der Waals surface area (Å²) in [5.41, 5.74) is 2.51. The smallest absolute Gasteiger partial charge is 0.336 e. The minimum absolute atomic E-state index is 0.150. The van der Waals surface area contributed by atoms with Gasteiger partial charge in [0.25, 0.3) is 0 Å². The van der Waals surface area contributed by atoms with Crippen LogP contribution in [0.1, 0.15) is 25.3 Å². The van der Waals surface area contributed by atoms with Crippen molar-refractivity contribution in [3.63, 3.8) is 0 Å². The zero-order chi connectivity index (χ0) is 20.5. The van der Waals surface area contributed by atoms with Crippen molar-refractivity contribution in [2.45, 2.75) is 19.8 Å². The van der Waals surface area contributed by atoms with Crippen LogP contribution in [0, 0.1) is 5.92 Å². The molecule has 1 heterocycles. The van der Waals surface area contributed by atoms with Gasteiger partial charge in [-0.05, 0) is 25.5 Å². The first kappa shape index (κ1) is 22.8. The molecule has 0 bridgehead atoms. The Balaban J connectivity index is 2.58. The van der Waals surface area contributed by atoms with Gasteiger partial charge < -0.3 is 9.47 Å². The molecule has 1 aromatic carbocycles. The second-order valence-corrected chi connectivity index (χ2v) is 6.92. The normalized spacial score (nSPS) is 19.5. The molecule has 0 saturated heterocycles. The van der Waals surface area contributed by atoms with Crippen LogP contribution in [0.5, 0.6) is 0 Å². The van der Waals surface area contributed by atoms with Crippen molar-refractivity contribution in [1.82, 2.24) is 0 Å². The van der Waals surface area contributed by atoms with Crippen molar-refractivity contribution in [1.29, 1.82) is 0 Å². The van der Waals surface area contributed by atoms with Gasteiger partial charge >= 0.3 is 5.97 Å². The van der Waals surface area contributed by atoms with E-state index in [4.69, 9.17) is 42.5 Å². The average molecular weight is 430 g/mol. The van der Waals surface area contributed by atoms with Crippen molar-refractivity contribution in [3.05, 3.63) is 46.1 Å². The van der Waals surface area contributed by atoms with Crippen molar-refractivity contribution < 1.29 is 24.0 Å². The van der Waals surface area contributed by atoms with E-state index < -0.39 is 11.9 Å². The summed E-state index contributed by atoms with van der Waals surface area (Å²) in [5.74, 6) is -0.759. The highest BCUT2D eigenvalue weighted by Gasteiger charge is 2.39. The van der Waals surface area contributed by atoms with Crippen LogP contribution >= 0.6 is 23.2 Å². The van der Waals surface area contributed by atoms with E-state index in [-0.39, 0.29) is 25.7 Å². The number of halogens is 2. The maximum atomic E-state index is 12.9. The molecule has 2 unspecified atom stereocenters. The summed E-state index contributed by atoms with van der Waals surface area (Å²) in [4.78, 5) is 27.6. The van der Waals surface area contributed by atoms with Crippen LogP contribution in [0.3, 0.4) is 0 Å². The van der Waals surface area contributed by atoms with E-state index in [9.17, 15) is 4.79 Å². The maximum Gasteiger partial charge on any atom is 0.336 e. The van der Waals surface area contributed by atoms with E-state index in [0.29, 0.717) is 28.8 Å².